The van der Waals surface area contributed by atoms with Crippen molar-refractivity contribution >= 4 is 28.3 Å². The maximum atomic E-state index is 13.2. The fourth-order valence-electron chi connectivity index (χ4n) is 3.41. The third kappa shape index (κ3) is 2.31. The summed E-state index contributed by atoms with van der Waals surface area (Å²) in [6, 6.07) is 9.25. The highest BCUT2D eigenvalue weighted by Crippen LogP contribution is 2.41. The molecule has 2 aromatic carbocycles. The predicted molar refractivity (Wildman–Crippen MR) is 96.7 cm³/mol. The number of ketones is 1. The summed E-state index contributed by atoms with van der Waals surface area (Å²) in [5, 5.41) is 3.62. The van der Waals surface area contributed by atoms with E-state index < -0.39 is 0 Å². The van der Waals surface area contributed by atoms with Crippen molar-refractivity contribution in [2.24, 2.45) is 0 Å². The quantitative estimate of drug-likeness (QED) is 0.618. The molecule has 1 aliphatic carbocycles. The van der Waals surface area contributed by atoms with Crippen molar-refractivity contribution < 1.29 is 9.59 Å². The van der Waals surface area contributed by atoms with Gasteiger partial charge in [0.25, 0.3) is 0 Å². The van der Waals surface area contributed by atoms with E-state index in [2.05, 4.69) is 15.3 Å². The number of amides is 1. The molecule has 0 spiro atoms. The molecule has 4 rings (SSSR count). The number of nitrogens with zero attached hydrogens (tertiary/aromatic N) is 2. The molecular weight excluding hydrogens is 314 g/mol. The number of carbonyl (C=O) groups is 2. The zero-order chi connectivity index (χ0) is 17.6. The molecule has 1 amide bonds. The van der Waals surface area contributed by atoms with Crippen LogP contribution in [0, 0.1) is 6.92 Å². The Morgan fingerprint density at radius 2 is 1.92 bits per heavy atom. The van der Waals surface area contributed by atoms with Gasteiger partial charge < -0.3 is 5.32 Å². The highest BCUT2D eigenvalue weighted by Gasteiger charge is 2.30. The normalized spacial score (nSPS) is 12.2. The van der Waals surface area contributed by atoms with E-state index in [-0.39, 0.29) is 11.7 Å². The van der Waals surface area contributed by atoms with Gasteiger partial charge in [-0.15, -0.1) is 0 Å². The maximum Gasteiger partial charge on any atom is 0.224 e. The molecule has 124 valence electrons. The van der Waals surface area contributed by atoms with Crippen LogP contribution in [0.25, 0.3) is 22.2 Å². The van der Waals surface area contributed by atoms with Gasteiger partial charge >= 0.3 is 0 Å². The Labute approximate surface area is 145 Å². The first-order valence-electron chi connectivity index (χ1n) is 8.34. The number of benzene rings is 2. The summed E-state index contributed by atoms with van der Waals surface area (Å²) in [5.41, 5.74) is 4.83. The second kappa shape index (κ2) is 5.77. The van der Waals surface area contributed by atoms with Gasteiger partial charge in [-0.05, 0) is 25.0 Å². The number of anilines is 1. The van der Waals surface area contributed by atoms with E-state index in [1.807, 2.05) is 38.1 Å². The molecule has 1 heterocycles. The van der Waals surface area contributed by atoms with Gasteiger partial charge in [0, 0.05) is 22.9 Å². The number of aromatic nitrogens is 2. The van der Waals surface area contributed by atoms with Crippen LogP contribution in [0.2, 0.25) is 0 Å². The van der Waals surface area contributed by atoms with Crippen molar-refractivity contribution in [3.8, 4) is 11.3 Å². The van der Waals surface area contributed by atoms with E-state index in [9.17, 15) is 9.59 Å². The van der Waals surface area contributed by atoms with Crippen LogP contribution in [-0.4, -0.2) is 21.7 Å². The summed E-state index contributed by atoms with van der Waals surface area (Å²) in [5.74, 6) is -0.197. The molecule has 0 saturated heterocycles. The monoisotopic (exact) mass is 331 g/mol. The Hall–Kier alpha value is -3.08. The van der Waals surface area contributed by atoms with E-state index in [4.69, 9.17) is 0 Å². The summed E-state index contributed by atoms with van der Waals surface area (Å²) in [6.07, 6.45) is 2.69. The average molecular weight is 331 g/mol. The van der Waals surface area contributed by atoms with Gasteiger partial charge in [0.2, 0.25) is 5.91 Å². The number of nitrogens with one attached hydrogen (secondary N) is 1. The lowest BCUT2D eigenvalue weighted by Gasteiger charge is -2.22. The predicted octanol–water partition coefficient (Wildman–Crippen LogP) is 3.89. The Bertz CT molecular complexity index is 1040. The SMILES string of the molecule is CCCC(=O)Nc1cc(C)c2ncnc3c2c1C(=O)c1ccccc1-3. The van der Waals surface area contributed by atoms with Crippen molar-refractivity contribution in [2.75, 3.05) is 5.32 Å². The van der Waals surface area contributed by atoms with Crippen LogP contribution in [0.3, 0.4) is 0 Å². The first kappa shape index (κ1) is 15.4. The fraction of sp³-hybridized carbons (Fsp3) is 0.200. The highest BCUT2D eigenvalue weighted by atomic mass is 16.1. The summed E-state index contributed by atoms with van der Waals surface area (Å²) in [6.45, 7) is 3.87. The Morgan fingerprint density at radius 1 is 1.16 bits per heavy atom. The van der Waals surface area contributed by atoms with Crippen molar-refractivity contribution in [2.45, 2.75) is 26.7 Å². The minimum Gasteiger partial charge on any atom is -0.325 e. The first-order valence-corrected chi connectivity index (χ1v) is 8.34. The lowest BCUT2D eigenvalue weighted by Crippen LogP contribution is -2.18. The average Bonchev–Trinajstić information content (AvgIpc) is 2.61. The second-order valence-corrected chi connectivity index (χ2v) is 6.23. The number of rotatable bonds is 3. The van der Waals surface area contributed by atoms with Gasteiger partial charge in [0.15, 0.2) is 5.78 Å². The van der Waals surface area contributed by atoms with Gasteiger partial charge in [-0.2, -0.15) is 0 Å². The van der Waals surface area contributed by atoms with Crippen LogP contribution in [-0.2, 0) is 4.79 Å². The molecule has 5 heteroatoms. The number of hydrogen-bond donors (Lipinski definition) is 1. The molecule has 0 unspecified atom stereocenters. The van der Waals surface area contributed by atoms with E-state index >= 15 is 0 Å². The summed E-state index contributed by atoms with van der Waals surface area (Å²) in [7, 11) is 0. The lowest BCUT2D eigenvalue weighted by atomic mass is 9.85. The Balaban J connectivity index is 2.05. The van der Waals surface area contributed by atoms with Crippen molar-refractivity contribution in [3.05, 3.63) is 53.3 Å². The van der Waals surface area contributed by atoms with Crippen LogP contribution in [0.5, 0.6) is 0 Å². The standard InChI is InChI=1S/C20H17N3O2/c1-3-6-15(24)23-14-9-11(2)18-17-16(14)20(25)13-8-5-4-7-12(13)19(17)22-10-21-18/h4-5,7-10H,3,6H2,1-2H3,(H,23,24). The highest BCUT2D eigenvalue weighted by molar-refractivity contribution is 6.28. The first-order chi connectivity index (χ1) is 12.1. The molecule has 0 radical (unpaired) electrons. The molecule has 1 aliphatic rings. The minimum absolute atomic E-state index is 0.0949. The smallest absolute Gasteiger partial charge is 0.224 e. The van der Waals surface area contributed by atoms with Crippen molar-refractivity contribution in [1.82, 2.24) is 9.97 Å². The number of fused-ring (bicyclic) bond motifs is 2. The van der Waals surface area contributed by atoms with Crippen LogP contribution in [0.1, 0.15) is 41.3 Å². The zero-order valence-electron chi connectivity index (χ0n) is 14.1. The zero-order valence-corrected chi connectivity index (χ0v) is 14.1. The van der Waals surface area contributed by atoms with Gasteiger partial charge in [0.1, 0.15) is 6.33 Å². The maximum absolute atomic E-state index is 13.2. The van der Waals surface area contributed by atoms with Crippen LogP contribution in [0.4, 0.5) is 5.69 Å². The molecule has 0 bridgehead atoms. The largest absolute Gasteiger partial charge is 0.325 e. The topological polar surface area (TPSA) is 72.0 Å². The van der Waals surface area contributed by atoms with Gasteiger partial charge in [-0.3, -0.25) is 9.59 Å². The number of hydrogen-bond acceptors (Lipinski definition) is 4. The van der Waals surface area contributed by atoms with Crippen LogP contribution >= 0.6 is 0 Å². The summed E-state index contributed by atoms with van der Waals surface area (Å²) in [4.78, 5) is 34.1. The van der Waals surface area contributed by atoms with Crippen molar-refractivity contribution in [1.29, 1.82) is 0 Å². The van der Waals surface area contributed by atoms with Gasteiger partial charge in [-0.1, -0.05) is 31.2 Å². The van der Waals surface area contributed by atoms with E-state index in [0.717, 1.165) is 34.1 Å². The molecule has 3 aromatic rings. The van der Waals surface area contributed by atoms with Crippen molar-refractivity contribution in [3.63, 3.8) is 0 Å². The second-order valence-electron chi connectivity index (χ2n) is 6.23. The Morgan fingerprint density at radius 3 is 2.68 bits per heavy atom. The third-order valence-electron chi connectivity index (χ3n) is 4.51. The Kier molecular flexibility index (Phi) is 3.57. The molecule has 0 aliphatic heterocycles. The van der Waals surface area contributed by atoms with Gasteiger partial charge in [0.05, 0.1) is 22.5 Å². The van der Waals surface area contributed by atoms with Gasteiger partial charge in [-0.25, -0.2) is 9.97 Å². The molecule has 0 atom stereocenters. The van der Waals surface area contributed by atoms with E-state index in [1.165, 1.54) is 6.33 Å². The molecule has 1 N–H and O–H groups in total. The van der Waals surface area contributed by atoms with E-state index in [0.29, 0.717) is 23.2 Å². The number of aryl methyl sites for hydroxylation is 1. The molecule has 0 saturated carbocycles. The molecular formula is C20H17N3O2. The van der Waals surface area contributed by atoms with Crippen LogP contribution in [0.15, 0.2) is 36.7 Å². The summed E-state index contributed by atoms with van der Waals surface area (Å²) >= 11 is 0. The molecule has 1 aromatic heterocycles. The number of carbonyl (C=O) groups excluding carboxylic acids is 2. The van der Waals surface area contributed by atoms with E-state index in [1.54, 1.807) is 6.07 Å². The summed E-state index contributed by atoms with van der Waals surface area (Å²) < 4.78 is 0. The fourth-order valence-corrected chi connectivity index (χ4v) is 3.41. The lowest BCUT2D eigenvalue weighted by molar-refractivity contribution is -0.116. The minimum atomic E-state index is -0.102. The molecule has 5 nitrogen and oxygen atoms in total. The molecule has 25 heavy (non-hydrogen) atoms. The third-order valence-corrected chi connectivity index (χ3v) is 4.51. The van der Waals surface area contributed by atoms with Crippen LogP contribution < -0.4 is 5.32 Å². The molecule has 0 fully saturated rings.